The lowest BCUT2D eigenvalue weighted by Gasteiger charge is -2.35. The molecule has 5 heteroatoms. The summed E-state index contributed by atoms with van der Waals surface area (Å²) < 4.78 is 11.6. The molecule has 0 spiro atoms. The molecule has 0 aromatic carbocycles. The Morgan fingerprint density at radius 2 is 2.10 bits per heavy atom. The lowest BCUT2D eigenvalue weighted by atomic mass is 10.0. The molecule has 114 valence electrons. The van der Waals surface area contributed by atoms with Gasteiger partial charge in [0, 0.05) is 13.1 Å². The van der Waals surface area contributed by atoms with Gasteiger partial charge >= 0.3 is 6.09 Å². The molecule has 2 rings (SSSR count). The van der Waals surface area contributed by atoms with Gasteiger partial charge < -0.3 is 14.8 Å². The third-order valence-electron chi connectivity index (χ3n) is 3.52. The van der Waals surface area contributed by atoms with E-state index in [0.717, 1.165) is 19.5 Å². The van der Waals surface area contributed by atoms with E-state index in [4.69, 9.17) is 9.47 Å². The second-order valence-electron chi connectivity index (χ2n) is 6.89. The maximum Gasteiger partial charge on any atom is 0.412 e. The van der Waals surface area contributed by atoms with E-state index in [1.807, 2.05) is 34.6 Å². The molecule has 20 heavy (non-hydrogen) atoms. The van der Waals surface area contributed by atoms with Gasteiger partial charge in [-0.15, -0.1) is 0 Å². The minimum atomic E-state index is -0.641. The van der Waals surface area contributed by atoms with Gasteiger partial charge in [-0.25, -0.2) is 4.79 Å². The zero-order chi connectivity index (χ0) is 15.0. The van der Waals surface area contributed by atoms with E-state index in [1.54, 1.807) is 4.90 Å². The minimum absolute atomic E-state index is 0.00229. The number of fused-ring (bicyclic) bond motifs is 1. The highest BCUT2D eigenvalue weighted by molar-refractivity contribution is 5.70. The maximum atomic E-state index is 12.5. The third kappa shape index (κ3) is 3.33. The maximum absolute atomic E-state index is 12.5. The van der Waals surface area contributed by atoms with Crippen molar-refractivity contribution in [2.45, 2.75) is 64.5 Å². The number of nitrogens with one attached hydrogen (secondary N) is 1. The lowest BCUT2D eigenvalue weighted by molar-refractivity contribution is -0.0779. The van der Waals surface area contributed by atoms with E-state index in [1.165, 1.54) is 0 Å². The van der Waals surface area contributed by atoms with Crippen LogP contribution < -0.4 is 5.32 Å². The van der Waals surface area contributed by atoms with Crippen LogP contribution >= 0.6 is 0 Å². The summed E-state index contributed by atoms with van der Waals surface area (Å²) in [6.45, 7) is 11.1. The zero-order valence-electron chi connectivity index (χ0n) is 13.1. The largest absolute Gasteiger partial charge is 0.444 e. The Bertz CT molecular complexity index is 398. The van der Waals surface area contributed by atoms with Gasteiger partial charge in [-0.3, -0.25) is 4.90 Å². The van der Waals surface area contributed by atoms with Crippen molar-refractivity contribution in [1.82, 2.24) is 10.2 Å². The summed E-state index contributed by atoms with van der Waals surface area (Å²) in [7, 11) is 0. The fraction of sp³-hybridized carbons (Fsp3) is 0.800. The Hall–Kier alpha value is -1.07. The van der Waals surface area contributed by atoms with Crippen molar-refractivity contribution in [1.29, 1.82) is 0 Å². The number of carbonyl (C=O) groups excluding carboxylic acids is 1. The molecule has 2 unspecified atom stereocenters. The highest BCUT2D eigenvalue weighted by Crippen LogP contribution is 2.35. The summed E-state index contributed by atoms with van der Waals surface area (Å²) >= 11 is 0. The first kappa shape index (κ1) is 15.3. The molecule has 1 fully saturated rings. The standard InChI is InChI=1S/C15H26N2O3/c1-14(2,3)20-13(18)17-11-8-6-7-9-16-10-12(11)19-15(17,4)5/h6-7,11-12,16H,8-10H2,1-5H3. The summed E-state index contributed by atoms with van der Waals surface area (Å²) in [4.78, 5) is 14.3. The summed E-state index contributed by atoms with van der Waals surface area (Å²) in [6, 6.07) is 0.0175. The van der Waals surface area contributed by atoms with Crippen LogP contribution in [0.15, 0.2) is 12.2 Å². The molecular weight excluding hydrogens is 256 g/mol. The molecule has 5 nitrogen and oxygen atoms in total. The van der Waals surface area contributed by atoms with Crippen molar-refractivity contribution in [3.8, 4) is 0 Å². The van der Waals surface area contributed by atoms with Gasteiger partial charge in [-0.1, -0.05) is 12.2 Å². The molecule has 0 aromatic heterocycles. The summed E-state index contributed by atoms with van der Waals surface area (Å²) in [5, 5.41) is 3.31. The first-order chi connectivity index (χ1) is 9.21. The molecule has 1 N–H and O–H groups in total. The van der Waals surface area contributed by atoms with E-state index in [9.17, 15) is 4.79 Å². The van der Waals surface area contributed by atoms with Gasteiger partial charge in [0.25, 0.3) is 0 Å². The first-order valence-electron chi connectivity index (χ1n) is 7.26. The predicted molar refractivity (Wildman–Crippen MR) is 77.4 cm³/mol. The number of carbonyl (C=O) groups is 1. The molecular formula is C15H26N2O3. The van der Waals surface area contributed by atoms with Crippen molar-refractivity contribution in [2.75, 3.05) is 13.1 Å². The molecule has 1 saturated heterocycles. The van der Waals surface area contributed by atoms with Gasteiger partial charge in [-0.2, -0.15) is 0 Å². The van der Waals surface area contributed by atoms with Crippen LogP contribution in [0.5, 0.6) is 0 Å². The van der Waals surface area contributed by atoms with Crippen LogP contribution in [0.2, 0.25) is 0 Å². The highest BCUT2D eigenvalue weighted by Gasteiger charge is 2.50. The van der Waals surface area contributed by atoms with Crippen molar-refractivity contribution in [3.05, 3.63) is 12.2 Å². The Kier molecular flexibility index (Phi) is 4.12. The van der Waals surface area contributed by atoms with Crippen LogP contribution in [-0.4, -0.2) is 47.6 Å². The van der Waals surface area contributed by atoms with Crippen LogP contribution in [0.3, 0.4) is 0 Å². The van der Waals surface area contributed by atoms with Crippen LogP contribution in [0, 0.1) is 0 Å². The Morgan fingerprint density at radius 1 is 1.40 bits per heavy atom. The molecule has 2 aliphatic rings. The minimum Gasteiger partial charge on any atom is -0.444 e. The molecule has 1 amide bonds. The van der Waals surface area contributed by atoms with E-state index in [-0.39, 0.29) is 18.2 Å². The van der Waals surface area contributed by atoms with E-state index >= 15 is 0 Å². The second-order valence-corrected chi connectivity index (χ2v) is 6.89. The van der Waals surface area contributed by atoms with Gasteiger partial charge in [-0.05, 0) is 41.0 Å². The topological polar surface area (TPSA) is 50.8 Å². The number of rotatable bonds is 0. The molecule has 0 bridgehead atoms. The predicted octanol–water partition coefficient (Wildman–Crippen LogP) is 2.28. The Morgan fingerprint density at radius 3 is 2.75 bits per heavy atom. The van der Waals surface area contributed by atoms with Gasteiger partial charge in [0.05, 0.1) is 12.1 Å². The number of amides is 1. The number of hydrogen-bond donors (Lipinski definition) is 1. The Balaban J connectivity index is 2.21. The first-order valence-corrected chi connectivity index (χ1v) is 7.26. The number of hydrogen-bond acceptors (Lipinski definition) is 4. The molecule has 0 saturated carbocycles. The van der Waals surface area contributed by atoms with Crippen LogP contribution in [0.25, 0.3) is 0 Å². The van der Waals surface area contributed by atoms with E-state index < -0.39 is 11.3 Å². The van der Waals surface area contributed by atoms with Crippen molar-refractivity contribution in [3.63, 3.8) is 0 Å². The third-order valence-corrected chi connectivity index (χ3v) is 3.52. The van der Waals surface area contributed by atoms with Crippen molar-refractivity contribution >= 4 is 6.09 Å². The van der Waals surface area contributed by atoms with Gasteiger partial charge in [0.15, 0.2) is 0 Å². The van der Waals surface area contributed by atoms with Gasteiger partial charge in [0.2, 0.25) is 0 Å². The average molecular weight is 282 g/mol. The molecule has 0 aromatic rings. The quantitative estimate of drug-likeness (QED) is 0.693. The monoisotopic (exact) mass is 282 g/mol. The summed E-state index contributed by atoms with van der Waals surface area (Å²) in [5.74, 6) is 0. The molecule has 0 radical (unpaired) electrons. The van der Waals surface area contributed by atoms with Crippen LogP contribution in [-0.2, 0) is 9.47 Å². The molecule has 2 atom stereocenters. The lowest BCUT2D eigenvalue weighted by Crippen LogP contribution is -2.50. The van der Waals surface area contributed by atoms with Crippen LogP contribution in [0.1, 0.15) is 41.0 Å². The van der Waals surface area contributed by atoms with Gasteiger partial charge in [0.1, 0.15) is 11.3 Å². The fourth-order valence-corrected chi connectivity index (χ4v) is 2.80. The normalized spacial score (nSPS) is 29.6. The molecule has 0 aliphatic carbocycles. The highest BCUT2D eigenvalue weighted by atomic mass is 16.6. The second kappa shape index (κ2) is 5.37. The van der Waals surface area contributed by atoms with Crippen molar-refractivity contribution < 1.29 is 14.3 Å². The Labute approximate surface area is 121 Å². The summed E-state index contributed by atoms with van der Waals surface area (Å²) in [5.41, 5.74) is -1.14. The molecule has 2 aliphatic heterocycles. The van der Waals surface area contributed by atoms with Crippen LogP contribution in [0.4, 0.5) is 4.79 Å². The number of nitrogens with zero attached hydrogens (tertiary/aromatic N) is 1. The average Bonchev–Trinajstić information content (AvgIpc) is 2.47. The fourth-order valence-electron chi connectivity index (χ4n) is 2.80. The zero-order valence-corrected chi connectivity index (χ0v) is 13.1. The van der Waals surface area contributed by atoms with Crippen molar-refractivity contribution in [2.24, 2.45) is 0 Å². The SMILES string of the molecule is CC(C)(C)OC(=O)N1C2CC=CCNCC2OC1(C)C. The van der Waals surface area contributed by atoms with E-state index in [0.29, 0.717) is 0 Å². The summed E-state index contributed by atoms with van der Waals surface area (Å²) in [6.07, 6.45) is 4.70. The molecule has 2 heterocycles. The van der Waals surface area contributed by atoms with E-state index in [2.05, 4.69) is 17.5 Å². The smallest absolute Gasteiger partial charge is 0.412 e. The number of ether oxygens (including phenoxy) is 2.